The summed E-state index contributed by atoms with van der Waals surface area (Å²) in [6.45, 7) is 1.29. The van der Waals surface area contributed by atoms with Gasteiger partial charge in [0, 0.05) is 0 Å². The highest BCUT2D eigenvalue weighted by atomic mass is 32.2. The van der Waals surface area contributed by atoms with Crippen LogP contribution in [0, 0.1) is 0 Å². The molecule has 0 heterocycles. The van der Waals surface area contributed by atoms with Gasteiger partial charge in [-0.05, 0) is 54.4 Å². The summed E-state index contributed by atoms with van der Waals surface area (Å²) in [7, 11) is -2.34. The summed E-state index contributed by atoms with van der Waals surface area (Å²) in [4.78, 5) is 24.6. The smallest absolute Gasteiger partial charge is 0.260 e. The minimum atomic E-state index is -3.76. The maximum absolute atomic E-state index is 12.4. The van der Waals surface area contributed by atoms with E-state index >= 15 is 0 Å². The van der Waals surface area contributed by atoms with E-state index in [1.54, 1.807) is 48.5 Å². The van der Waals surface area contributed by atoms with E-state index in [0.29, 0.717) is 17.1 Å². The van der Waals surface area contributed by atoms with Gasteiger partial charge in [-0.2, -0.15) is 5.10 Å². The predicted octanol–water partition coefficient (Wildman–Crippen LogP) is 2.87. The molecule has 10 nitrogen and oxygen atoms in total. The number of nitrogens with one attached hydrogen (secondary N) is 2. The van der Waals surface area contributed by atoms with Crippen molar-refractivity contribution in [2.75, 3.05) is 30.8 Å². The largest absolute Gasteiger partial charge is 0.495 e. The second-order valence-corrected chi connectivity index (χ2v) is 10.2. The molecule has 0 aromatic heterocycles. The van der Waals surface area contributed by atoms with Crippen molar-refractivity contribution < 1.29 is 27.5 Å². The number of carbonyl (C=O) groups is 2. The normalized spacial score (nSPS) is 12.0. The van der Waals surface area contributed by atoms with Gasteiger partial charge in [-0.1, -0.05) is 42.5 Å². The third-order valence-corrected chi connectivity index (χ3v) is 6.50. The van der Waals surface area contributed by atoms with Crippen molar-refractivity contribution in [1.29, 1.82) is 0 Å². The average Bonchev–Trinajstić information content (AvgIpc) is 2.91. The molecule has 3 rings (SSSR count). The van der Waals surface area contributed by atoms with Gasteiger partial charge in [0.15, 0.2) is 6.61 Å². The summed E-state index contributed by atoms with van der Waals surface area (Å²) < 4.78 is 36.3. The first-order chi connectivity index (χ1) is 18.2. The molecule has 0 aliphatic carbocycles. The Kier molecular flexibility index (Phi) is 9.83. The quantitative estimate of drug-likeness (QED) is 0.270. The van der Waals surface area contributed by atoms with Crippen molar-refractivity contribution in [1.82, 2.24) is 10.7 Å². The fourth-order valence-electron chi connectivity index (χ4n) is 3.47. The van der Waals surface area contributed by atoms with E-state index in [1.165, 1.54) is 13.3 Å². The van der Waals surface area contributed by atoms with E-state index in [-0.39, 0.29) is 24.2 Å². The third kappa shape index (κ3) is 8.34. The highest BCUT2D eigenvalue weighted by Crippen LogP contribution is 2.29. The highest BCUT2D eigenvalue weighted by Gasteiger charge is 2.23. The molecule has 3 aromatic rings. The first kappa shape index (κ1) is 28.2. The number of benzene rings is 3. The van der Waals surface area contributed by atoms with Crippen molar-refractivity contribution in [3.63, 3.8) is 0 Å². The lowest BCUT2D eigenvalue weighted by Crippen LogP contribution is -2.39. The fourth-order valence-corrected chi connectivity index (χ4v) is 4.33. The first-order valence-electron chi connectivity index (χ1n) is 11.7. The predicted molar refractivity (Wildman–Crippen MR) is 146 cm³/mol. The second kappa shape index (κ2) is 13.2. The molecular formula is C27H30N4O6S. The molecule has 38 heavy (non-hydrogen) atoms. The van der Waals surface area contributed by atoms with Crippen LogP contribution < -0.4 is 24.5 Å². The number of nitrogens with zero attached hydrogens (tertiary/aromatic N) is 2. The average molecular weight is 539 g/mol. The Morgan fingerprint density at radius 3 is 2.29 bits per heavy atom. The Labute approximate surface area is 222 Å². The monoisotopic (exact) mass is 538 g/mol. The molecule has 0 spiro atoms. The van der Waals surface area contributed by atoms with Gasteiger partial charge < -0.3 is 14.8 Å². The van der Waals surface area contributed by atoms with Crippen LogP contribution >= 0.6 is 0 Å². The minimum absolute atomic E-state index is 0.135. The Bertz CT molecular complexity index is 1360. The van der Waals surface area contributed by atoms with Crippen LogP contribution in [0.3, 0.4) is 0 Å². The molecule has 200 valence electrons. The number of carbonyl (C=O) groups excluding carboxylic acids is 2. The number of anilines is 1. The first-order valence-corrected chi connectivity index (χ1v) is 13.5. The Balaban J connectivity index is 1.50. The molecule has 2 amide bonds. The molecule has 11 heteroatoms. The lowest BCUT2D eigenvalue weighted by molar-refractivity contribution is -0.123. The number of rotatable bonds is 12. The lowest BCUT2D eigenvalue weighted by atomic mass is 10.1. The molecule has 0 saturated carbocycles. The van der Waals surface area contributed by atoms with Crippen LogP contribution in [-0.4, -0.2) is 53.0 Å². The standard InChI is InChI=1S/C27H30N4O6S/c1-20(22-9-5-4-6-10-22)29-27(33)19-37-23-15-13-21(14-16-23)17-28-30-26(32)18-31(38(3,34)35)24-11-7-8-12-25(24)36-2/h4-17,20H,18-19H2,1-3H3,(H,29,33)(H,30,32). The van der Waals surface area contributed by atoms with Gasteiger partial charge in [0.25, 0.3) is 11.8 Å². The topological polar surface area (TPSA) is 126 Å². The number of amides is 2. The van der Waals surface area contributed by atoms with E-state index in [1.807, 2.05) is 37.3 Å². The second-order valence-electron chi connectivity index (χ2n) is 8.29. The van der Waals surface area contributed by atoms with E-state index in [0.717, 1.165) is 16.1 Å². The molecular weight excluding hydrogens is 508 g/mol. The summed E-state index contributed by atoms with van der Waals surface area (Å²) in [6, 6.07) is 22.7. The van der Waals surface area contributed by atoms with Gasteiger partial charge >= 0.3 is 0 Å². The zero-order valence-electron chi connectivity index (χ0n) is 21.3. The zero-order valence-corrected chi connectivity index (χ0v) is 22.1. The van der Waals surface area contributed by atoms with Gasteiger partial charge in [-0.3, -0.25) is 13.9 Å². The Hall–Kier alpha value is -4.38. The van der Waals surface area contributed by atoms with Crippen LogP contribution in [0.25, 0.3) is 0 Å². The van der Waals surface area contributed by atoms with Crippen LogP contribution in [0.4, 0.5) is 5.69 Å². The number of ether oxygens (including phenoxy) is 2. The van der Waals surface area contributed by atoms with Gasteiger partial charge in [0.05, 0.1) is 31.3 Å². The molecule has 1 atom stereocenters. The van der Waals surface area contributed by atoms with Gasteiger partial charge in [-0.25, -0.2) is 13.8 Å². The molecule has 0 aliphatic heterocycles. The summed E-state index contributed by atoms with van der Waals surface area (Å²) in [5, 5.41) is 6.78. The lowest BCUT2D eigenvalue weighted by Gasteiger charge is -2.23. The van der Waals surface area contributed by atoms with E-state index in [9.17, 15) is 18.0 Å². The maximum Gasteiger partial charge on any atom is 0.260 e. The molecule has 0 saturated heterocycles. The summed E-state index contributed by atoms with van der Waals surface area (Å²) >= 11 is 0. The molecule has 2 N–H and O–H groups in total. The van der Waals surface area contributed by atoms with Crippen LogP contribution in [0.15, 0.2) is 84.0 Å². The van der Waals surface area contributed by atoms with Crippen molar-refractivity contribution in [2.24, 2.45) is 5.10 Å². The SMILES string of the molecule is COc1ccccc1N(CC(=O)NN=Cc1ccc(OCC(=O)NC(C)c2ccccc2)cc1)S(C)(=O)=O. The number of sulfonamides is 1. The molecule has 0 fully saturated rings. The van der Waals surface area contributed by atoms with E-state index in [2.05, 4.69) is 15.8 Å². The summed E-state index contributed by atoms with van der Waals surface area (Å²) in [5.41, 5.74) is 4.23. The Morgan fingerprint density at radius 1 is 0.974 bits per heavy atom. The molecule has 0 radical (unpaired) electrons. The highest BCUT2D eigenvalue weighted by molar-refractivity contribution is 7.92. The number of hydrazone groups is 1. The van der Waals surface area contributed by atoms with Crippen LogP contribution in [0.2, 0.25) is 0 Å². The summed E-state index contributed by atoms with van der Waals surface area (Å²) in [6.07, 6.45) is 2.41. The van der Waals surface area contributed by atoms with Gasteiger partial charge in [-0.15, -0.1) is 0 Å². The van der Waals surface area contributed by atoms with E-state index in [4.69, 9.17) is 9.47 Å². The van der Waals surface area contributed by atoms with Crippen molar-refractivity contribution in [3.05, 3.63) is 90.0 Å². The molecule has 0 aliphatic rings. The van der Waals surface area contributed by atoms with Gasteiger partial charge in [0.1, 0.15) is 18.0 Å². The number of methoxy groups -OCH3 is 1. The zero-order chi connectivity index (χ0) is 27.5. The van der Waals surface area contributed by atoms with Crippen LogP contribution in [-0.2, 0) is 19.6 Å². The molecule has 1 unspecified atom stereocenters. The molecule has 3 aromatic carbocycles. The number of hydrogen-bond acceptors (Lipinski definition) is 7. The fraction of sp³-hybridized carbons (Fsp3) is 0.222. The van der Waals surface area contributed by atoms with Crippen molar-refractivity contribution in [3.8, 4) is 11.5 Å². The number of hydrogen-bond donors (Lipinski definition) is 2. The minimum Gasteiger partial charge on any atom is -0.495 e. The maximum atomic E-state index is 12.4. The van der Waals surface area contributed by atoms with Crippen LogP contribution in [0.1, 0.15) is 24.1 Å². The Morgan fingerprint density at radius 2 is 1.63 bits per heavy atom. The van der Waals surface area contributed by atoms with Gasteiger partial charge in [0.2, 0.25) is 10.0 Å². The third-order valence-electron chi connectivity index (χ3n) is 5.37. The van der Waals surface area contributed by atoms with Crippen LogP contribution in [0.5, 0.6) is 11.5 Å². The van der Waals surface area contributed by atoms with Crippen molar-refractivity contribution >= 4 is 33.7 Å². The number of para-hydroxylation sites is 2. The van der Waals surface area contributed by atoms with Crippen molar-refractivity contribution in [2.45, 2.75) is 13.0 Å². The summed E-state index contributed by atoms with van der Waals surface area (Å²) in [5.74, 6) is -0.0618. The van der Waals surface area contributed by atoms with E-state index < -0.39 is 22.5 Å². The molecule has 0 bridgehead atoms.